The summed E-state index contributed by atoms with van der Waals surface area (Å²) in [7, 11) is 3.98. The number of aromatic nitrogens is 3. The summed E-state index contributed by atoms with van der Waals surface area (Å²) in [6, 6.07) is 8.11. The molecule has 2 N–H and O–H groups in total. The van der Waals surface area contributed by atoms with Crippen molar-refractivity contribution in [2.75, 3.05) is 24.3 Å². The Hall–Kier alpha value is -2.34. The molecule has 3 heterocycles. The van der Waals surface area contributed by atoms with E-state index in [2.05, 4.69) is 31.9 Å². The maximum Gasteiger partial charge on any atom is 0.151 e. The SMILES string of the molecule is CN(C)c1ncccc1NCc1cn[nH]c1-c1cccs1. The second-order valence-corrected chi connectivity index (χ2v) is 5.82. The normalized spacial score (nSPS) is 10.6. The minimum atomic E-state index is 0.705. The summed E-state index contributed by atoms with van der Waals surface area (Å²) in [4.78, 5) is 7.59. The highest BCUT2D eigenvalue weighted by atomic mass is 32.1. The second kappa shape index (κ2) is 5.97. The number of H-pyrrole nitrogens is 1. The zero-order valence-electron chi connectivity index (χ0n) is 12.0. The minimum absolute atomic E-state index is 0.705. The summed E-state index contributed by atoms with van der Waals surface area (Å²) in [6.07, 6.45) is 3.67. The van der Waals surface area contributed by atoms with Gasteiger partial charge in [0.1, 0.15) is 0 Å². The number of thiophene rings is 1. The van der Waals surface area contributed by atoms with Gasteiger partial charge in [-0.25, -0.2) is 4.98 Å². The van der Waals surface area contributed by atoms with Gasteiger partial charge in [-0.05, 0) is 23.6 Å². The lowest BCUT2D eigenvalue weighted by molar-refractivity contribution is 1.05. The minimum Gasteiger partial charge on any atom is -0.378 e. The van der Waals surface area contributed by atoms with E-state index < -0.39 is 0 Å². The van der Waals surface area contributed by atoms with Crippen molar-refractivity contribution in [3.05, 3.63) is 47.6 Å². The van der Waals surface area contributed by atoms with Crippen LogP contribution in [0, 0.1) is 0 Å². The van der Waals surface area contributed by atoms with Gasteiger partial charge in [0.2, 0.25) is 0 Å². The highest BCUT2D eigenvalue weighted by molar-refractivity contribution is 7.13. The van der Waals surface area contributed by atoms with Crippen LogP contribution in [0.1, 0.15) is 5.56 Å². The van der Waals surface area contributed by atoms with Crippen molar-refractivity contribution in [1.29, 1.82) is 0 Å². The number of rotatable bonds is 5. The number of pyridine rings is 1. The van der Waals surface area contributed by atoms with Crippen LogP contribution in [0.15, 0.2) is 42.0 Å². The fourth-order valence-corrected chi connectivity index (χ4v) is 2.92. The van der Waals surface area contributed by atoms with Crippen LogP contribution in [-0.2, 0) is 6.54 Å². The summed E-state index contributed by atoms with van der Waals surface area (Å²) in [5.41, 5.74) is 3.24. The van der Waals surface area contributed by atoms with Gasteiger partial charge in [0.15, 0.2) is 5.82 Å². The average molecular weight is 299 g/mol. The zero-order chi connectivity index (χ0) is 14.7. The Morgan fingerprint density at radius 1 is 1.29 bits per heavy atom. The van der Waals surface area contributed by atoms with E-state index >= 15 is 0 Å². The molecule has 3 aromatic heterocycles. The van der Waals surface area contributed by atoms with Gasteiger partial charge in [-0.15, -0.1) is 11.3 Å². The highest BCUT2D eigenvalue weighted by Crippen LogP contribution is 2.27. The van der Waals surface area contributed by atoms with Crippen molar-refractivity contribution in [2.45, 2.75) is 6.54 Å². The Morgan fingerprint density at radius 3 is 2.95 bits per heavy atom. The van der Waals surface area contributed by atoms with Crippen LogP contribution in [-0.4, -0.2) is 29.3 Å². The standard InChI is InChI=1S/C15H17N5S/c1-20(2)15-12(5-3-7-16-15)17-9-11-10-18-19-14(11)13-6-4-8-21-13/h3-8,10,17H,9H2,1-2H3,(H,18,19). The summed E-state index contributed by atoms with van der Waals surface area (Å²) in [6.45, 7) is 0.705. The van der Waals surface area contributed by atoms with Gasteiger partial charge in [0, 0.05) is 32.4 Å². The lowest BCUT2D eigenvalue weighted by Crippen LogP contribution is -2.13. The molecule has 0 radical (unpaired) electrons. The van der Waals surface area contributed by atoms with Crippen molar-refractivity contribution in [3.63, 3.8) is 0 Å². The molecule has 0 atom stereocenters. The molecule has 0 bridgehead atoms. The molecular formula is C15H17N5S. The van der Waals surface area contributed by atoms with Crippen molar-refractivity contribution in [2.24, 2.45) is 0 Å². The first-order chi connectivity index (χ1) is 10.3. The Morgan fingerprint density at radius 2 is 2.19 bits per heavy atom. The Labute approximate surface area is 127 Å². The van der Waals surface area contributed by atoms with E-state index in [4.69, 9.17) is 0 Å². The molecule has 108 valence electrons. The number of nitrogens with one attached hydrogen (secondary N) is 2. The summed E-state index contributed by atoms with van der Waals surface area (Å²) >= 11 is 1.70. The van der Waals surface area contributed by atoms with Crippen LogP contribution in [0.5, 0.6) is 0 Å². The Kier molecular flexibility index (Phi) is 3.87. The highest BCUT2D eigenvalue weighted by Gasteiger charge is 2.10. The number of anilines is 2. The monoisotopic (exact) mass is 299 g/mol. The Bertz CT molecular complexity index is 702. The molecule has 5 nitrogen and oxygen atoms in total. The van der Waals surface area contributed by atoms with Crippen LogP contribution < -0.4 is 10.2 Å². The molecule has 0 unspecified atom stereocenters. The predicted octanol–water partition coefficient (Wildman–Crippen LogP) is 3.21. The van der Waals surface area contributed by atoms with Crippen molar-refractivity contribution >= 4 is 22.8 Å². The van der Waals surface area contributed by atoms with Gasteiger partial charge in [-0.3, -0.25) is 5.10 Å². The van der Waals surface area contributed by atoms with Gasteiger partial charge in [-0.1, -0.05) is 6.07 Å². The number of nitrogens with zero attached hydrogens (tertiary/aromatic N) is 3. The molecule has 0 aliphatic heterocycles. The first-order valence-corrected chi connectivity index (χ1v) is 7.56. The van der Waals surface area contributed by atoms with Crippen LogP contribution in [0.2, 0.25) is 0 Å². The van der Waals surface area contributed by atoms with Gasteiger partial charge in [-0.2, -0.15) is 5.10 Å². The lowest BCUT2D eigenvalue weighted by Gasteiger charge is -2.16. The third-order valence-electron chi connectivity index (χ3n) is 3.17. The first-order valence-electron chi connectivity index (χ1n) is 6.68. The largest absolute Gasteiger partial charge is 0.378 e. The maximum atomic E-state index is 4.39. The molecule has 6 heteroatoms. The van der Waals surface area contributed by atoms with Gasteiger partial charge >= 0.3 is 0 Å². The van der Waals surface area contributed by atoms with Crippen molar-refractivity contribution in [1.82, 2.24) is 15.2 Å². The van der Waals surface area contributed by atoms with Crippen LogP contribution >= 0.6 is 11.3 Å². The van der Waals surface area contributed by atoms with E-state index in [0.717, 1.165) is 22.8 Å². The molecule has 0 aliphatic rings. The van der Waals surface area contributed by atoms with E-state index in [1.165, 1.54) is 4.88 Å². The molecule has 0 saturated carbocycles. The number of aromatic amines is 1. The third kappa shape index (κ3) is 2.90. The van der Waals surface area contributed by atoms with Gasteiger partial charge in [0.05, 0.1) is 22.5 Å². The van der Waals surface area contributed by atoms with E-state index in [0.29, 0.717) is 6.54 Å². The molecule has 0 amide bonds. The summed E-state index contributed by atoms with van der Waals surface area (Å²) in [5.74, 6) is 0.929. The zero-order valence-corrected chi connectivity index (χ0v) is 12.8. The van der Waals surface area contributed by atoms with Crippen LogP contribution in [0.25, 0.3) is 10.6 Å². The summed E-state index contributed by atoms with van der Waals surface area (Å²) < 4.78 is 0. The maximum absolute atomic E-state index is 4.39. The topological polar surface area (TPSA) is 56.8 Å². The van der Waals surface area contributed by atoms with Gasteiger partial charge < -0.3 is 10.2 Å². The summed E-state index contributed by atoms with van der Waals surface area (Å²) in [5, 5.41) is 12.7. The van der Waals surface area contributed by atoms with Crippen LogP contribution in [0.3, 0.4) is 0 Å². The molecule has 0 aliphatic carbocycles. The number of hydrogen-bond donors (Lipinski definition) is 2. The number of hydrogen-bond acceptors (Lipinski definition) is 5. The molecule has 21 heavy (non-hydrogen) atoms. The first kappa shape index (κ1) is 13.6. The molecule has 0 saturated heterocycles. The quantitative estimate of drug-likeness (QED) is 0.759. The lowest BCUT2D eigenvalue weighted by atomic mass is 10.2. The molecule has 3 aromatic rings. The molecular weight excluding hydrogens is 282 g/mol. The second-order valence-electron chi connectivity index (χ2n) is 4.87. The van der Waals surface area contributed by atoms with E-state index in [9.17, 15) is 0 Å². The fraction of sp³-hybridized carbons (Fsp3) is 0.200. The molecule has 3 rings (SSSR count). The third-order valence-corrected chi connectivity index (χ3v) is 4.05. The van der Waals surface area contributed by atoms with E-state index in [-0.39, 0.29) is 0 Å². The smallest absolute Gasteiger partial charge is 0.151 e. The molecule has 0 fully saturated rings. The van der Waals surface area contributed by atoms with E-state index in [1.807, 2.05) is 43.4 Å². The van der Waals surface area contributed by atoms with Crippen molar-refractivity contribution in [3.8, 4) is 10.6 Å². The van der Waals surface area contributed by atoms with Gasteiger partial charge in [0.25, 0.3) is 0 Å². The van der Waals surface area contributed by atoms with Crippen molar-refractivity contribution < 1.29 is 0 Å². The average Bonchev–Trinajstić information content (AvgIpc) is 3.16. The fourth-order valence-electron chi connectivity index (χ4n) is 2.16. The Balaban J connectivity index is 1.79. The molecule has 0 aromatic carbocycles. The van der Waals surface area contributed by atoms with Crippen LogP contribution in [0.4, 0.5) is 11.5 Å². The molecule has 0 spiro atoms. The van der Waals surface area contributed by atoms with E-state index in [1.54, 1.807) is 17.5 Å². The predicted molar refractivity (Wildman–Crippen MR) is 87.8 cm³/mol.